The second-order valence-corrected chi connectivity index (χ2v) is 5.39. The number of nitrogens with one attached hydrogen (secondary N) is 1. The van der Waals surface area contributed by atoms with Gasteiger partial charge in [0.2, 0.25) is 0 Å². The van der Waals surface area contributed by atoms with Gasteiger partial charge in [-0.15, -0.1) is 11.3 Å². The number of likely N-dealkylation sites (N-methyl/N-ethyl adjacent to an activating group) is 1. The minimum Gasteiger partial charge on any atom is -0.381 e. The van der Waals surface area contributed by atoms with Gasteiger partial charge in [-0.3, -0.25) is 4.90 Å². The largest absolute Gasteiger partial charge is 0.381 e. The van der Waals surface area contributed by atoms with Crippen LogP contribution in [0.3, 0.4) is 0 Å². The first-order chi connectivity index (χ1) is 9.29. The van der Waals surface area contributed by atoms with Gasteiger partial charge in [0.05, 0.1) is 5.69 Å². The second kappa shape index (κ2) is 7.26. The van der Waals surface area contributed by atoms with Gasteiger partial charge >= 0.3 is 0 Å². The van der Waals surface area contributed by atoms with Crippen molar-refractivity contribution in [3.05, 3.63) is 52.5 Å². The van der Waals surface area contributed by atoms with Crippen molar-refractivity contribution in [2.75, 3.05) is 25.0 Å². The molecular weight excluding hydrogens is 259 g/mol. The molecule has 0 radical (unpaired) electrons. The Bertz CT molecular complexity index is 485. The molecule has 1 aromatic carbocycles. The predicted molar refractivity (Wildman–Crippen MR) is 80.2 cm³/mol. The first-order valence-corrected chi connectivity index (χ1v) is 7.40. The fraction of sp³-hybridized carbons (Fsp3) is 0.333. The van der Waals surface area contributed by atoms with Crippen LogP contribution in [0.4, 0.5) is 10.1 Å². The van der Waals surface area contributed by atoms with Crippen LogP contribution in [0.15, 0.2) is 41.8 Å². The van der Waals surface area contributed by atoms with Gasteiger partial charge in [-0.2, -0.15) is 0 Å². The Hall–Kier alpha value is -1.39. The van der Waals surface area contributed by atoms with Crippen LogP contribution < -0.4 is 5.32 Å². The summed E-state index contributed by atoms with van der Waals surface area (Å²) >= 11 is 1.78. The summed E-state index contributed by atoms with van der Waals surface area (Å²) < 4.78 is 13.4. The number of thiophene rings is 1. The maximum Gasteiger partial charge on any atom is 0.146 e. The molecular formula is C15H19FN2S. The number of rotatable bonds is 7. The van der Waals surface area contributed by atoms with Crippen LogP contribution in [-0.2, 0) is 6.54 Å². The number of benzene rings is 1. The quantitative estimate of drug-likeness (QED) is 0.828. The molecule has 19 heavy (non-hydrogen) atoms. The number of para-hydroxylation sites is 1. The highest BCUT2D eigenvalue weighted by atomic mass is 32.1. The number of anilines is 1. The Morgan fingerprint density at radius 1 is 1.21 bits per heavy atom. The molecule has 2 rings (SSSR count). The van der Waals surface area contributed by atoms with E-state index >= 15 is 0 Å². The Kier molecular flexibility index (Phi) is 5.36. The zero-order chi connectivity index (χ0) is 13.5. The van der Waals surface area contributed by atoms with Gasteiger partial charge in [-0.05, 0) is 30.1 Å². The van der Waals surface area contributed by atoms with E-state index < -0.39 is 0 Å². The van der Waals surface area contributed by atoms with Crippen LogP contribution in [0.25, 0.3) is 0 Å². The van der Waals surface area contributed by atoms with Gasteiger partial charge in [0.25, 0.3) is 0 Å². The zero-order valence-corrected chi connectivity index (χ0v) is 11.9. The van der Waals surface area contributed by atoms with Gasteiger partial charge in [-0.25, -0.2) is 4.39 Å². The number of hydrogen-bond donors (Lipinski definition) is 1. The number of nitrogens with zero attached hydrogens (tertiary/aromatic N) is 1. The SMILES string of the molecule is CCN(CCNc1ccccc1F)Cc1cccs1. The van der Waals surface area contributed by atoms with Crippen molar-refractivity contribution in [2.24, 2.45) is 0 Å². The third-order valence-corrected chi connectivity index (χ3v) is 3.89. The molecule has 0 unspecified atom stereocenters. The van der Waals surface area contributed by atoms with E-state index in [1.807, 2.05) is 6.07 Å². The standard InChI is InChI=1S/C15H19FN2S/c1-2-18(12-13-6-5-11-19-13)10-9-17-15-8-4-3-7-14(15)16/h3-8,11,17H,2,9-10,12H2,1H3. The van der Waals surface area contributed by atoms with Gasteiger partial charge in [0.15, 0.2) is 0 Å². The molecule has 4 heteroatoms. The Morgan fingerprint density at radius 2 is 2.05 bits per heavy atom. The highest BCUT2D eigenvalue weighted by Crippen LogP contribution is 2.13. The molecule has 1 aromatic heterocycles. The molecule has 0 amide bonds. The third-order valence-electron chi connectivity index (χ3n) is 3.02. The summed E-state index contributed by atoms with van der Waals surface area (Å²) in [7, 11) is 0. The van der Waals surface area contributed by atoms with Crippen LogP contribution in [0.2, 0.25) is 0 Å². The van der Waals surface area contributed by atoms with E-state index in [0.29, 0.717) is 5.69 Å². The van der Waals surface area contributed by atoms with Crippen LogP contribution in [0, 0.1) is 5.82 Å². The molecule has 2 aromatic rings. The third kappa shape index (κ3) is 4.33. The summed E-state index contributed by atoms with van der Waals surface area (Å²) in [5, 5.41) is 5.24. The molecule has 0 saturated carbocycles. The van der Waals surface area contributed by atoms with E-state index in [9.17, 15) is 4.39 Å². The van der Waals surface area contributed by atoms with E-state index in [4.69, 9.17) is 0 Å². The van der Waals surface area contributed by atoms with E-state index in [-0.39, 0.29) is 5.82 Å². The number of halogens is 1. The fourth-order valence-corrected chi connectivity index (χ4v) is 2.67. The van der Waals surface area contributed by atoms with Crippen molar-refractivity contribution in [1.29, 1.82) is 0 Å². The van der Waals surface area contributed by atoms with Crippen molar-refractivity contribution in [3.63, 3.8) is 0 Å². The maximum atomic E-state index is 13.4. The molecule has 0 atom stereocenters. The van der Waals surface area contributed by atoms with Crippen molar-refractivity contribution in [1.82, 2.24) is 4.90 Å². The van der Waals surface area contributed by atoms with Gasteiger partial charge < -0.3 is 5.32 Å². The summed E-state index contributed by atoms with van der Waals surface area (Å²) in [6.45, 7) is 5.77. The Morgan fingerprint density at radius 3 is 2.74 bits per heavy atom. The van der Waals surface area contributed by atoms with E-state index in [1.165, 1.54) is 10.9 Å². The summed E-state index contributed by atoms with van der Waals surface area (Å²) in [4.78, 5) is 3.72. The lowest BCUT2D eigenvalue weighted by Gasteiger charge is -2.20. The molecule has 0 fully saturated rings. The lowest BCUT2D eigenvalue weighted by molar-refractivity contribution is 0.293. The first kappa shape index (κ1) is 14.0. The fourth-order valence-electron chi connectivity index (χ4n) is 1.93. The number of hydrogen-bond acceptors (Lipinski definition) is 3. The smallest absolute Gasteiger partial charge is 0.146 e. The molecule has 2 nitrogen and oxygen atoms in total. The monoisotopic (exact) mass is 278 g/mol. The minimum absolute atomic E-state index is 0.191. The summed E-state index contributed by atoms with van der Waals surface area (Å²) in [6.07, 6.45) is 0. The molecule has 0 aliphatic carbocycles. The topological polar surface area (TPSA) is 15.3 Å². The van der Waals surface area contributed by atoms with E-state index in [0.717, 1.165) is 26.2 Å². The average Bonchev–Trinajstić information content (AvgIpc) is 2.92. The van der Waals surface area contributed by atoms with E-state index in [1.54, 1.807) is 23.5 Å². The summed E-state index contributed by atoms with van der Waals surface area (Å²) in [6, 6.07) is 11.0. The lowest BCUT2D eigenvalue weighted by Crippen LogP contribution is -2.28. The molecule has 0 spiro atoms. The predicted octanol–water partition coefficient (Wildman–Crippen LogP) is 3.82. The lowest BCUT2D eigenvalue weighted by atomic mass is 10.3. The van der Waals surface area contributed by atoms with Crippen molar-refractivity contribution in [3.8, 4) is 0 Å². The van der Waals surface area contributed by atoms with Gasteiger partial charge in [-0.1, -0.05) is 25.1 Å². The van der Waals surface area contributed by atoms with Gasteiger partial charge in [0, 0.05) is 24.5 Å². The molecule has 0 aliphatic heterocycles. The van der Waals surface area contributed by atoms with E-state index in [2.05, 4.69) is 34.7 Å². The highest BCUT2D eigenvalue weighted by molar-refractivity contribution is 7.09. The first-order valence-electron chi connectivity index (χ1n) is 6.52. The molecule has 1 heterocycles. The molecule has 0 saturated heterocycles. The molecule has 0 bridgehead atoms. The Balaban J connectivity index is 1.79. The highest BCUT2D eigenvalue weighted by Gasteiger charge is 2.05. The zero-order valence-electron chi connectivity index (χ0n) is 11.1. The van der Waals surface area contributed by atoms with Crippen LogP contribution >= 0.6 is 11.3 Å². The Labute approximate surface area is 117 Å². The van der Waals surface area contributed by atoms with Crippen LogP contribution in [0.1, 0.15) is 11.8 Å². The van der Waals surface area contributed by atoms with Crippen molar-refractivity contribution >= 4 is 17.0 Å². The second-order valence-electron chi connectivity index (χ2n) is 4.35. The summed E-state index contributed by atoms with van der Waals surface area (Å²) in [5.74, 6) is -0.191. The average molecular weight is 278 g/mol. The van der Waals surface area contributed by atoms with Crippen LogP contribution in [-0.4, -0.2) is 24.5 Å². The van der Waals surface area contributed by atoms with Crippen molar-refractivity contribution in [2.45, 2.75) is 13.5 Å². The normalized spacial score (nSPS) is 10.9. The molecule has 1 N–H and O–H groups in total. The minimum atomic E-state index is -0.191. The maximum absolute atomic E-state index is 13.4. The van der Waals surface area contributed by atoms with Crippen molar-refractivity contribution < 1.29 is 4.39 Å². The molecule has 102 valence electrons. The summed E-state index contributed by atoms with van der Waals surface area (Å²) in [5.41, 5.74) is 0.578. The van der Waals surface area contributed by atoms with Gasteiger partial charge in [0.1, 0.15) is 5.82 Å². The molecule has 0 aliphatic rings. The van der Waals surface area contributed by atoms with Crippen LogP contribution in [0.5, 0.6) is 0 Å².